The van der Waals surface area contributed by atoms with Crippen molar-refractivity contribution in [2.24, 2.45) is 0 Å². The van der Waals surface area contributed by atoms with Crippen molar-refractivity contribution in [2.45, 2.75) is 30.7 Å². The standard InChI is InChI=1S/C6H10O5/c7-3-2-1-10-6(11-2)5(9)4(3)8/h2-9H,1H2/t2-,3-,4+,5+,6+/m1/s1. The van der Waals surface area contributed by atoms with E-state index in [-0.39, 0.29) is 6.61 Å². The molecule has 0 saturated carbocycles. The zero-order valence-electron chi connectivity index (χ0n) is 5.75. The highest BCUT2D eigenvalue weighted by Crippen LogP contribution is 2.27. The lowest BCUT2D eigenvalue weighted by Gasteiger charge is -2.32. The van der Waals surface area contributed by atoms with E-state index in [4.69, 9.17) is 14.6 Å². The summed E-state index contributed by atoms with van der Waals surface area (Å²) < 4.78 is 9.95. The molecule has 5 heteroatoms. The Hall–Kier alpha value is -0.200. The van der Waals surface area contributed by atoms with Crippen LogP contribution in [0.1, 0.15) is 0 Å². The Balaban J connectivity index is 2.16. The predicted octanol–water partition coefficient (Wildman–Crippen LogP) is -2.18. The monoisotopic (exact) mass is 162 g/mol. The second-order valence-corrected chi connectivity index (χ2v) is 2.85. The van der Waals surface area contributed by atoms with Gasteiger partial charge in [-0.05, 0) is 0 Å². The molecule has 2 heterocycles. The van der Waals surface area contributed by atoms with Gasteiger partial charge in [-0.1, -0.05) is 0 Å². The molecule has 0 aromatic heterocycles. The first-order valence-corrected chi connectivity index (χ1v) is 3.51. The van der Waals surface area contributed by atoms with Crippen LogP contribution in [0.15, 0.2) is 0 Å². The zero-order chi connectivity index (χ0) is 8.01. The number of aliphatic hydroxyl groups is 3. The molecule has 0 aromatic rings. The number of aliphatic hydroxyl groups excluding tert-OH is 3. The highest BCUT2D eigenvalue weighted by molar-refractivity contribution is 4.92. The minimum Gasteiger partial charge on any atom is -0.387 e. The molecule has 0 aliphatic carbocycles. The average Bonchev–Trinajstić information content (AvgIpc) is 2.44. The maximum absolute atomic E-state index is 9.22. The summed E-state index contributed by atoms with van der Waals surface area (Å²) in [6.07, 6.45) is -4.58. The van der Waals surface area contributed by atoms with Crippen LogP contribution in [-0.2, 0) is 9.47 Å². The number of fused-ring (bicyclic) bond motifs is 2. The number of hydrogen-bond donors (Lipinski definition) is 3. The van der Waals surface area contributed by atoms with E-state index < -0.39 is 30.7 Å². The fourth-order valence-electron chi connectivity index (χ4n) is 1.38. The minimum atomic E-state index is -1.15. The van der Waals surface area contributed by atoms with E-state index in [2.05, 4.69) is 0 Å². The van der Waals surface area contributed by atoms with Crippen molar-refractivity contribution < 1.29 is 24.8 Å². The van der Waals surface area contributed by atoms with Gasteiger partial charge < -0.3 is 24.8 Å². The lowest BCUT2D eigenvalue weighted by Crippen LogP contribution is -2.53. The quantitative estimate of drug-likeness (QED) is 0.377. The van der Waals surface area contributed by atoms with Crippen molar-refractivity contribution in [1.82, 2.24) is 0 Å². The Bertz CT molecular complexity index is 141. The van der Waals surface area contributed by atoms with Crippen LogP contribution in [0, 0.1) is 0 Å². The van der Waals surface area contributed by atoms with E-state index >= 15 is 0 Å². The van der Waals surface area contributed by atoms with Gasteiger partial charge in [0.15, 0.2) is 6.29 Å². The molecule has 3 N–H and O–H groups in total. The highest BCUT2D eigenvalue weighted by Gasteiger charge is 2.48. The van der Waals surface area contributed by atoms with E-state index in [1.165, 1.54) is 0 Å². The smallest absolute Gasteiger partial charge is 0.186 e. The SMILES string of the molecule is O[C@@H]1[C@H](O)[C@H]2OC[C@@H](O2)[C@H]1O. The van der Waals surface area contributed by atoms with Crippen LogP contribution in [0.5, 0.6) is 0 Å². The Morgan fingerprint density at radius 2 is 1.73 bits per heavy atom. The first-order chi connectivity index (χ1) is 5.20. The Labute approximate surface area is 63.2 Å². The van der Waals surface area contributed by atoms with Crippen molar-refractivity contribution in [1.29, 1.82) is 0 Å². The molecule has 0 radical (unpaired) electrons. The van der Waals surface area contributed by atoms with Crippen LogP contribution >= 0.6 is 0 Å². The first-order valence-electron chi connectivity index (χ1n) is 3.51. The van der Waals surface area contributed by atoms with Gasteiger partial charge in [0.05, 0.1) is 6.61 Å². The second-order valence-electron chi connectivity index (χ2n) is 2.85. The fourth-order valence-corrected chi connectivity index (χ4v) is 1.38. The summed E-state index contributed by atoms with van der Waals surface area (Å²) in [5.41, 5.74) is 0. The molecule has 2 aliphatic rings. The molecule has 0 spiro atoms. The molecule has 0 aromatic carbocycles. The third-order valence-electron chi connectivity index (χ3n) is 2.09. The lowest BCUT2D eigenvalue weighted by molar-refractivity contribution is -0.228. The van der Waals surface area contributed by atoms with Gasteiger partial charge in [-0.25, -0.2) is 0 Å². The molecule has 5 nitrogen and oxygen atoms in total. The van der Waals surface area contributed by atoms with Crippen molar-refractivity contribution >= 4 is 0 Å². The molecule has 2 fully saturated rings. The summed E-state index contributed by atoms with van der Waals surface area (Å²) >= 11 is 0. The molecule has 64 valence electrons. The highest BCUT2D eigenvalue weighted by atomic mass is 16.7. The van der Waals surface area contributed by atoms with Gasteiger partial charge in [-0.3, -0.25) is 0 Å². The van der Waals surface area contributed by atoms with Crippen molar-refractivity contribution in [3.05, 3.63) is 0 Å². The van der Waals surface area contributed by atoms with E-state index in [0.29, 0.717) is 0 Å². The van der Waals surface area contributed by atoms with Gasteiger partial charge in [0.1, 0.15) is 24.4 Å². The summed E-state index contributed by atoms with van der Waals surface area (Å²) in [6, 6.07) is 0. The Morgan fingerprint density at radius 1 is 1.00 bits per heavy atom. The first kappa shape index (κ1) is 7.45. The van der Waals surface area contributed by atoms with E-state index in [0.717, 1.165) is 0 Å². The van der Waals surface area contributed by atoms with Crippen LogP contribution in [-0.4, -0.2) is 52.6 Å². The van der Waals surface area contributed by atoms with Crippen LogP contribution in [0.4, 0.5) is 0 Å². The van der Waals surface area contributed by atoms with E-state index in [1.807, 2.05) is 0 Å². The van der Waals surface area contributed by atoms with Gasteiger partial charge in [0.2, 0.25) is 0 Å². The Kier molecular flexibility index (Phi) is 1.62. The van der Waals surface area contributed by atoms with Gasteiger partial charge in [-0.2, -0.15) is 0 Å². The zero-order valence-corrected chi connectivity index (χ0v) is 5.75. The molecular formula is C6H10O5. The van der Waals surface area contributed by atoms with E-state index in [9.17, 15) is 10.2 Å². The topological polar surface area (TPSA) is 79.2 Å². The average molecular weight is 162 g/mol. The fraction of sp³-hybridized carbons (Fsp3) is 1.00. The summed E-state index contributed by atoms with van der Waals surface area (Å²) in [4.78, 5) is 0. The summed E-state index contributed by atoms with van der Waals surface area (Å²) in [7, 11) is 0. The molecule has 5 atom stereocenters. The molecule has 0 unspecified atom stereocenters. The van der Waals surface area contributed by atoms with Gasteiger partial charge in [0.25, 0.3) is 0 Å². The normalized spacial score (nSPS) is 56.5. The molecule has 2 aliphatic heterocycles. The van der Waals surface area contributed by atoms with Crippen LogP contribution in [0.2, 0.25) is 0 Å². The van der Waals surface area contributed by atoms with Gasteiger partial charge in [0, 0.05) is 0 Å². The molecule has 0 amide bonds. The molecule has 2 rings (SSSR count). The summed E-state index contributed by atoms with van der Waals surface area (Å²) in [5, 5.41) is 27.6. The van der Waals surface area contributed by atoms with Gasteiger partial charge in [-0.15, -0.1) is 0 Å². The number of rotatable bonds is 0. The van der Waals surface area contributed by atoms with Crippen molar-refractivity contribution in [2.75, 3.05) is 6.61 Å². The van der Waals surface area contributed by atoms with Crippen molar-refractivity contribution in [3.63, 3.8) is 0 Å². The lowest BCUT2D eigenvalue weighted by atomic mass is 10.0. The third kappa shape index (κ3) is 0.969. The molecule has 2 bridgehead atoms. The van der Waals surface area contributed by atoms with E-state index in [1.54, 1.807) is 0 Å². The largest absolute Gasteiger partial charge is 0.387 e. The number of ether oxygens (including phenoxy) is 2. The summed E-state index contributed by atoms with van der Waals surface area (Å²) in [5.74, 6) is 0. The maximum Gasteiger partial charge on any atom is 0.186 e. The van der Waals surface area contributed by atoms with Crippen LogP contribution in [0.3, 0.4) is 0 Å². The minimum absolute atomic E-state index is 0.236. The summed E-state index contributed by atoms with van der Waals surface area (Å²) in [6.45, 7) is 0.236. The van der Waals surface area contributed by atoms with Crippen LogP contribution < -0.4 is 0 Å². The van der Waals surface area contributed by atoms with Crippen LogP contribution in [0.25, 0.3) is 0 Å². The van der Waals surface area contributed by atoms with Gasteiger partial charge >= 0.3 is 0 Å². The molecular weight excluding hydrogens is 152 g/mol. The second kappa shape index (κ2) is 2.40. The van der Waals surface area contributed by atoms with Crippen molar-refractivity contribution in [3.8, 4) is 0 Å². The molecule has 2 saturated heterocycles. The molecule has 11 heavy (non-hydrogen) atoms. The number of hydrogen-bond acceptors (Lipinski definition) is 5. The predicted molar refractivity (Wildman–Crippen MR) is 32.6 cm³/mol. The third-order valence-corrected chi connectivity index (χ3v) is 2.09. The maximum atomic E-state index is 9.22. The Morgan fingerprint density at radius 3 is 2.45 bits per heavy atom.